The van der Waals surface area contributed by atoms with Crippen LogP contribution in [0, 0.1) is 5.92 Å². The Morgan fingerprint density at radius 1 is 0.971 bits per heavy atom. The summed E-state index contributed by atoms with van der Waals surface area (Å²) in [6, 6.07) is 6.11. The molecule has 10 nitrogen and oxygen atoms in total. The fourth-order valence-corrected chi connectivity index (χ4v) is 4.52. The number of nitrogens with one attached hydrogen (secondary N) is 1. The van der Waals surface area contributed by atoms with Crippen molar-refractivity contribution in [1.82, 2.24) is 19.8 Å². The van der Waals surface area contributed by atoms with Crippen molar-refractivity contribution in [3.63, 3.8) is 0 Å². The maximum atomic E-state index is 13.0. The van der Waals surface area contributed by atoms with Gasteiger partial charge in [0.05, 0.1) is 12.2 Å². The predicted octanol–water partition coefficient (Wildman–Crippen LogP) is 2.91. The average Bonchev–Trinajstić information content (AvgIpc) is 2.89. The number of carbonyl (C=O) groups excluding carboxylic acids is 3. The van der Waals surface area contributed by atoms with Gasteiger partial charge in [0, 0.05) is 50.2 Å². The van der Waals surface area contributed by atoms with Crippen molar-refractivity contribution >= 4 is 23.7 Å². The van der Waals surface area contributed by atoms with Gasteiger partial charge in [0.15, 0.2) is 0 Å². The summed E-state index contributed by atoms with van der Waals surface area (Å²) in [6.07, 6.45) is 10.4. The third-order valence-electron chi connectivity index (χ3n) is 6.62. The molecule has 1 saturated carbocycles. The minimum absolute atomic E-state index is 0.103. The van der Waals surface area contributed by atoms with Gasteiger partial charge in [-0.15, -0.1) is 0 Å². The Hall–Kier alpha value is -3.69. The summed E-state index contributed by atoms with van der Waals surface area (Å²) < 4.78 is 5.84. The van der Waals surface area contributed by atoms with Gasteiger partial charge in [-0.25, -0.2) is 14.8 Å². The Kier molecular flexibility index (Phi) is 8.12. The molecule has 0 aromatic carbocycles. The van der Waals surface area contributed by atoms with Crippen LogP contribution in [-0.2, 0) is 0 Å². The van der Waals surface area contributed by atoms with Gasteiger partial charge in [-0.2, -0.15) is 0 Å². The fourth-order valence-electron chi connectivity index (χ4n) is 4.52. The number of primary amides is 1. The first-order chi connectivity index (χ1) is 17.0. The molecular formula is C25H32N6O4. The Labute approximate surface area is 204 Å². The minimum Gasteiger partial charge on any atom is -0.478 e. The van der Waals surface area contributed by atoms with E-state index in [-0.39, 0.29) is 17.5 Å². The standard InChI is InChI=1S/C25H32N6O4/c26-23(32)20-6-7-21(28-17-20)29-25(34)31-13-11-30(12-14-31)24(33)19-8-10-27-22(16-19)35-15-9-18-4-2-1-3-5-18/h6-8,10,16-18H,1-5,9,11-15H2,(H2,26,32)(H,28,29,34). The average molecular weight is 481 g/mol. The van der Waals surface area contributed by atoms with Crippen molar-refractivity contribution in [2.75, 3.05) is 38.1 Å². The van der Waals surface area contributed by atoms with E-state index >= 15 is 0 Å². The van der Waals surface area contributed by atoms with E-state index < -0.39 is 5.91 Å². The zero-order chi connectivity index (χ0) is 24.6. The zero-order valence-electron chi connectivity index (χ0n) is 19.8. The number of amides is 4. The van der Waals surface area contributed by atoms with E-state index in [1.165, 1.54) is 50.4 Å². The highest BCUT2D eigenvalue weighted by molar-refractivity contribution is 5.95. The molecule has 0 radical (unpaired) electrons. The first-order valence-corrected chi connectivity index (χ1v) is 12.2. The number of anilines is 1. The third kappa shape index (κ3) is 6.68. The number of nitrogens with zero attached hydrogens (tertiary/aromatic N) is 4. The molecule has 186 valence electrons. The summed E-state index contributed by atoms with van der Waals surface area (Å²) in [7, 11) is 0. The molecule has 10 heteroatoms. The number of aromatic nitrogens is 2. The molecule has 2 aromatic heterocycles. The van der Waals surface area contributed by atoms with Crippen LogP contribution in [0.5, 0.6) is 5.88 Å². The second-order valence-electron chi connectivity index (χ2n) is 9.03. The van der Waals surface area contributed by atoms with Crippen LogP contribution < -0.4 is 15.8 Å². The number of hydrogen-bond donors (Lipinski definition) is 2. The van der Waals surface area contributed by atoms with Crippen LogP contribution in [0.15, 0.2) is 36.7 Å². The zero-order valence-corrected chi connectivity index (χ0v) is 19.8. The van der Waals surface area contributed by atoms with Crippen molar-refractivity contribution in [2.45, 2.75) is 38.5 Å². The first-order valence-electron chi connectivity index (χ1n) is 12.2. The van der Waals surface area contributed by atoms with E-state index in [9.17, 15) is 14.4 Å². The van der Waals surface area contributed by atoms with Gasteiger partial charge in [-0.1, -0.05) is 32.1 Å². The molecule has 0 spiro atoms. The van der Waals surface area contributed by atoms with E-state index in [1.807, 2.05) is 0 Å². The van der Waals surface area contributed by atoms with Gasteiger partial charge in [-0.05, 0) is 30.5 Å². The molecule has 1 aliphatic carbocycles. The smallest absolute Gasteiger partial charge is 0.323 e. The second kappa shape index (κ2) is 11.6. The van der Waals surface area contributed by atoms with E-state index in [4.69, 9.17) is 10.5 Å². The summed E-state index contributed by atoms with van der Waals surface area (Å²) >= 11 is 0. The molecule has 2 fully saturated rings. The fraction of sp³-hybridized carbons (Fsp3) is 0.480. The highest BCUT2D eigenvalue weighted by atomic mass is 16.5. The molecule has 1 aliphatic heterocycles. The summed E-state index contributed by atoms with van der Waals surface area (Å²) in [5, 5.41) is 2.70. The normalized spacial score (nSPS) is 16.6. The number of urea groups is 1. The summed E-state index contributed by atoms with van der Waals surface area (Å²) in [5.41, 5.74) is 6.00. The Bertz CT molecular complexity index is 1030. The van der Waals surface area contributed by atoms with E-state index in [0.717, 1.165) is 12.3 Å². The molecular weight excluding hydrogens is 448 g/mol. The van der Waals surface area contributed by atoms with Crippen LogP contribution in [0.4, 0.5) is 10.6 Å². The largest absolute Gasteiger partial charge is 0.478 e. The minimum atomic E-state index is -0.580. The summed E-state index contributed by atoms with van der Waals surface area (Å²) in [6.45, 7) is 2.24. The Balaban J connectivity index is 1.24. The predicted molar refractivity (Wildman–Crippen MR) is 130 cm³/mol. The lowest BCUT2D eigenvalue weighted by atomic mass is 9.87. The number of nitrogens with two attached hydrogens (primary N) is 1. The number of rotatable bonds is 7. The van der Waals surface area contributed by atoms with Gasteiger partial charge in [0.2, 0.25) is 11.8 Å². The molecule has 0 atom stereocenters. The van der Waals surface area contributed by atoms with Gasteiger partial charge < -0.3 is 20.3 Å². The van der Waals surface area contributed by atoms with Gasteiger partial charge >= 0.3 is 6.03 Å². The quantitative estimate of drug-likeness (QED) is 0.627. The van der Waals surface area contributed by atoms with Crippen molar-refractivity contribution in [3.8, 4) is 5.88 Å². The van der Waals surface area contributed by atoms with Crippen LogP contribution in [-0.4, -0.2) is 70.4 Å². The van der Waals surface area contributed by atoms with Crippen LogP contribution in [0.25, 0.3) is 0 Å². The first kappa shape index (κ1) is 24.4. The molecule has 1 saturated heterocycles. The lowest BCUT2D eigenvalue weighted by molar-refractivity contribution is 0.0671. The van der Waals surface area contributed by atoms with Gasteiger partial charge in [0.1, 0.15) is 5.82 Å². The number of hydrogen-bond acceptors (Lipinski definition) is 6. The van der Waals surface area contributed by atoms with E-state index in [1.54, 1.807) is 28.1 Å². The Morgan fingerprint density at radius 3 is 2.40 bits per heavy atom. The number of pyridine rings is 2. The van der Waals surface area contributed by atoms with E-state index in [0.29, 0.717) is 50.0 Å². The highest BCUT2D eigenvalue weighted by Crippen LogP contribution is 2.26. The van der Waals surface area contributed by atoms with Crippen molar-refractivity contribution < 1.29 is 19.1 Å². The topological polar surface area (TPSA) is 131 Å². The van der Waals surface area contributed by atoms with Crippen LogP contribution in [0.2, 0.25) is 0 Å². The third-order valence-corrected chi connectivity index (χ3v) is 6.62. The summed E-state index contributed by atoms with van der Waals surface area (Å²) in [5.74, 6) is 0.843. The molecule has 4 amide bonds. The number of ether oxygens (including phenoxy) is 1. The lowest BCUT2D eigenvalue weighted by Crippen LogP contribution is -2.51. The van der Waals surface area contributed by atoms with Gasteiger partial charge in [-0.3, -0.25) is 14.9 Å². The number of piperazine rings is 1. The van der Waals surface area contributed by atoms with Crippen molar-refractivity contribution in [3.05, 3.63) is 47.8 Å². The van der Waals surface area contributed by atoms with Crippen LogP contribution in [0.1, 0.15) is 59.2 Å². The van der Waals surface area contributed by atoms with E-state index in [2.05, 4.69) is 15.3 Å². The lowest BCUT2D eigenvalue weighted by Gasteiger charge is -2.34. The molecule has 3 heterocycles. The van der Waals surface area contributed by atoms with Gasteiger partial charge in [0.25, 0.3) is 5.91 Å². The molecule has 2 aromatic rings. The molecule has 0 unspecified atom stereocenters. The molecule has 4 rings (SSSR count). The van der Waals surface area contributed by atoms with Crippen LogP contribution in [0.3, 0.4) is 0 Å². The monoisotopic (exact) mass is 480 g/mol. The maximum absolute atomic E-state index is 13.0. The number of carbonyl (C=O) groups is 3. The molecule has 3 N–H and O–H groups in total. The maximum Gasteiger partial charge on any atom is 0.323 e. The molecule has 2 aliphatic rings. The molecule has 35 heavy (non-hydrogen) atoms. The van der Waals surface area contributed by atoms with Crippen molar-refractivity contribution in [2.24, 2.45) is 11.7 Å². The van der Waals surface area contributed by atoms with Crippen molar-refractivity contribution in [1.29, 1.82) is 0 Å². The highest BCUT2D eigenvalue weighted by Gasteiger charge is 2.25. The Morgan fingerprint density at radius 2 is 1.71 bits per heavy atom. The summed E-state index contributed by atoms with van der Waals surface area (Å²) in [4.78, 5) is 48.3. The van der Waals surface area contributed by atoms with Crippen LogP contribution >= 0.6 is 0 Å². The second-order valence-corrected chi connectivity index (χ2v) is 9.03. The SMILES string of the molecule is NC(=O)c1ccc(NC(=O)N2CCN(C(=O)c3ccnc(OCCC4CCCCC4)c3)CC2)nc1. The molecule has 0 bridgehead atoms.